The fourth-order valence-corrected chi connectivity index (χ4v) is 1.92. The van der Waals surface area contributed by atoms with Crippen LogP contribution in [0.3, 0.4) is 0 Å². The SMILES string of the molecule is CCn1cc(CNC(=O)C(C)(C)n2cc(Cl)cn2)cn1. The lowest BCUT2D eigenvalue weighted by Crippen LogP contribution is -2.44. The molecule has 0 saturated heterocycles. The van der Waals surface area contributed by atoms with Crippen molar-refractivity contribution in [3.05, 3.63) is 35.4 Å². The fourth-order valence-electron chi connectivity index (χ4n) is 1.78. The van der Waals surface area contributed by atoms with Gasteiger partial charge in [-0.2, -0.15) is 10.2 Å². The third kappa shape index (κ3) is 3.01. The van der Waals surface area contributed by atoms with Crippen molar-refractivity contribution in [1.82, 2.24) is 24.9 Å². The van der Waals surface area contributed by atoms with Crippen molar-refractivity contribution in [3.63, 3.8) is 0 Å². The smallest absolute Gasteiger partial charge is 0.247 e. The molecule has 6 nitrogen and oxygen atoms in total. The molecule has 0 unspecified atom stereocenters. The van der Waals surface area contributed by atoms with E-state index in [1.165, 1.54) is 6.20 Å². The van der Waals surface area contributed by atoms with Gasteiger partial charge < -0.3 is 5.32 Å². The molecular formula is C13H18ClN5O. The van der Waals surface area contributed by atoms with Gasteiger partial charge in [-0.25, -0.2) is 0 Å². The van der Waals surface area contributed by atoms with Crippen LogP contribution in [0.25, 0.3) is 0 Å². The van der Waals surface area contributed by atoms with Gasteiger partial charge >= 0.3 is 0 Å². The molecule has 0 saturated carbocycles. The first kappa shape index (κ1) is 14.6. The quantitative estimate of drug-likeness (QED) is 0.915. The van der Waals surface area contributed by atoms with Crippen molar-refractivity contribution in [2.45, 2.75) is 39.4 Å². The molecule has 2 rings (SSSR count). The number of amides is 1. The molecule has 2 aromatic heterocycles. The van der Waals surface area contributed by atoms with Gasteiger partial charge in [0.15, 0.2) is 0 Å². The average molecular weight is 296 g/mol. The van der Waals surface area contributed by atoms with Gasteiger partial charge in [0.1, 0.15) is 5.54 Å². The van der Waals surface area contributed by atoms with Gasteiger partial charge in [0.2, 0.25) is 5.91 Å². The van der Waals surface area contributed by atoms with Crippen LogP contribution in [0.1, 0.15) is 26.3 Å². The number of aryl methyl sites for hydroxylation is 1. The van der Waals surface area contributed by atoms with Gasteiger partial charge in [-0.3, -0.25) is 14.2 Å². The first-order chi connectivity index (χ1) is 9.43. The number of carbonyl (C=O) groups is 1. The largest absolute Gasteiger partial charge is 0.350 e. The summed E-state index contributed by atoms with van der Waals surface area (Å²) >= 11 is 5.84. The highest BCUT2D eigenvalue weighted by Crippen LogP contribution is 2.17. The van der Waals surface area contributed by atoms with E-state index in [9.17, 15) is 4.79 Å². The molecule has 1 N–H and O–H groups in total. The molecule has 0 aliphatic heterocycles. The predicted octanol–water partition coefficient (Wildman–Crippen LogP) is 1.80. The van der Waals surface area contributed by atoms with Crippen molar-refractivity contribution in [1.29, 1.82) is 0 Å². The molecule has 20 heavy (non-hydrogen) atoms. The first-order valence-electron chi connectivity index (χ1n) is 6.43. The van der Waals surface area contributed by atoms with E-state index >= 15 is 0 Å². The molecule has 0 bridgehead atoms. The van der Waals surface area contributed by atoms with Gasteiger partial charge in [0.25, 0.3) is 0 Å². The zero-order valence-corrected chi connectivity index (χ0v) is 12.6. The van der Waals surface area contributed by atoms with E-state index < -0.39 is 5.54 Å². The van der Waals surface area contributed by atoms with Gasteiger partial charge in [-0.1, -0.05) is 11.6 Å². The maximum absolute atomic E-state index is 12.3. The highest BCUT2D eigenvalue weighted by molar-refractivity contribution is 6.30. The lowest BCUT2D eigenvalue weighted by Gasteiger charge is -2.24. The third-order valence-electron chi connectivity index (χ3n) is 3.14. The normalized spacial score (nSPS) is 11.6. The molecule has 2 heterocycles. The minimum absolute atomic E-state index is 0.124. The number of rotatable bonds is 5. The summed E-state index contributed by atoms with van der Waals surface area (Å²) in [5.74, 6) is -0.124. The second kappa shape index (κ2) is 5.66. The molecule has 0 atom stereocenters. The van der Waals surface area contributed by atoms with Crippen molar-refractivity contribution in [3.8, 4) is 0 Å². The van der Waals surface area contributed by atoms with Crippen LogP contribution in [0.2, 0.25) is 5.02 Å². The number of hydrogen-bond acceptors (Lipinski definition) is 3. The van der Waals surface area contributed by atoms with Crippen LogP contribution < -0.4 is 5.32 Å². The number of hydrogen-bond donors (Lipinski definition) is 1. The molecule has 0 spiro atoms. The second-order valence-electron chi connectivity index (χ2n) is 5.05. The zero-order valence-electron chi connectivity index (χ0n) is 11.8. The zero-order chi connectivity index (χ0) is 14.8. The van der Waals surface area contributed by atoms with E-state index in [4.69, 9.17) is 11.6 Å². The van der Waals surface area contributed by atoms with E-state index in [1.54, 1.807) is 30.9 Å². The van der Waals surface area contributed by atoms with E-state index in [2.05, 4.69) is 15.5 Å². The molecule has 0 aliphatic rings. The Morgan fingerprint density at radius 1 is 1.35 bits per heavy atom. The molecule has 0 aromatic carbocycles. The summed E-state index contributed by atoms with van der Waals surface area (Å²) < 4.78 is 3.38. The van der Waals surface area contributed by atoms with Crippen molar-refractivity contribution < 1.29 is 4.79 Å². The van der Waals surface area contributed by atoms with Crippen LogP contribution in [-0.2, 0) is 23.4 Å². The van der Waals surface area contributed by atoms with Gasteiger partial charge in [-0.05, 0) is 20.8 Å². The average Bonchev–Trinajstić information content (AvgIpc) is 3.04. The lowest BCUT2D eigenvalue weighted by atomic mass is 10.1. The lowest BCUT2D eigenvalue weighted by molar-refractivity contribution is -0.129. The van der Waals surface area contributed by atoms with Crippen LogP contribution in [0.5, 0.6) is 0 Å². The fraction of sp³-hybridized carbons (Fsp3) is 0.462. The van der Waals surface area contributed by atoms with Crippen molar-refractivity contribution >= 4 is 17.5 Å². The predicted molar refractivity (Wildman–Crippen MR) is 76.3 cm³/mol. The number of nitrogens with zero attached hydrogens (tertiary/aromatic N) is 4. The Hall–Kier alpha value is -1.82. The minimum atomic E-state index is -0.798. The molecular weight excluding hydrogens is 278 g/mol. The molecule has 1 amide bonds. The minimum Gasteiger partial charge on any atom is -0.350 e. The van der Waals surface area contributed by atoms with Gasteiger partial charge in [-0.15, -0.1) is 0 Å². The maximum Gasteiger partial charge on any atom is 0.247 e. The molecule has 2 aromatic rings. The Morgan fingerprint density at radius 3 is 2.65 bits per heavy atom. The van der Waals surface area contributed by atoms with Crippen LogP contribution in [0, 0.1) is 0 Å². The van der Waals surface area contributed by atoms with Gasteiger partial charge in [0.05, 0.1) is 17.4 Å². The molecule has 108 valence electrons. The Balaban J connectivity index is 2.00. The van der Waals surface area contributed by atoms with E-state index in [1.807, 2.05) is 17.8 Å². The monoisotopic (exact) mass is 295 g/mol. The number of nitrogens with one attached hydrogen (secondary N) is 1. The standard InChI is InChI=1S/C13H18ClN5O/c1-4-18-8-10(6-16-18)5-15-12(20)13(2,3)19-9-11(14)7-17-19/h6-9H,4-5H2,1-3H3,(H,15,20). The number of carbonyl (C=O) groups excluding carboxylic acids is 1. The summed E-state index contributed by atoms with van der Waals surface area (Å²) in [6, 6.07) is 0. The number of halogens is 1. The highest BCUT2D eigenvalue weighted by atomic mass is 35.5. The van der Waals surface area contributed by atoms with E-state index in [0.29, 0.717) is 11.6 Å². The molecule has 0 radical (unpaired) electrons. The van der Waals surface area contributed by atoms with Crippen LogP contribution in [0.4, 0.5) is 0 Å². The second-order valence-corrected chi connectivity index (χ2v) is 5.49. The third-order valence-corrected chi connectivity index (χ3v) is 3.34. The Kier molecular flexibility index (Phi) is 4.13. The highest BCUT2D eigenvalue weighted by Gasteiger charge is 2.30. The summed E-state index contributed by atoms with van der Waals surface area (Å²) in [5.41, 5.74) is 0.169. The summed E-state index contributed by atoms with van der Waals surface area (Å²) in [5, 5.41) is 11.7. The van der Waals surface area contributed by atoms with E-state index in [0.717, 1.165) is 12.1 Å². The Labute approximate surface area is 122 Å². The van der Waals surface area contributed by atoms with Crippen LogP contribution in [0.15, 0.2) is 24.8 Å². The van der Waals surface area contributed by atoms with Crippen LogP contribution >= 0.6 is 11.6 Å². The summed E-state index contributed by atoms with van der Waals surface area (Å²) in [6.07, 6.45) is 6.82. The Morgan fingerprint density at radius 2 is 2.10 bits per heavy atom. The van der Waals surface area contributed by atoms with Crippen LogP contribution in [-0.4, -0.2) is 25.5 Å². The van der Waals surface area contributed by atoms with Crippen molar-refractivity contribution in [2.24, 2.45) is 0 Å². The first-order valence-corrected chi connectivity index (χ1v) is 6.81. The Bertz CT molecular complexity index is 601. The maximum atomic E-state index is 12.3. The molecule has 7 heteroatoms. The summed E-state index contributed by atoms with van der Waals surface area (Å²) in [6.45, 7) is 6.85. The van der Waals surface area contributed by atoms with Crippen molar-refractivity contribution in [2.75, 3.05) is 0 Å². The number of aromatic nitrogens is 4. The summed E-state index contributed by atoms with van der Waals surface area (Å²) in [4.78, 5) is 12.3. The molecule has 0 aliphatic carbocycles. The van der Waals surface area contributed by atoms with E-state index in [-0.39, 0.29) is 5.91 Å². The molecule has 0 fully saturated rings. The summed E-state index contributed by atoms with van der Waals surface area (Å²) in [7, 11) is 0. The topological polar surface area (TPSA) is 64.7 Å². The van der Waals surface area contributed by atoms with Gasteiger partial charge in [0, 0.05) is 31.0 Å².